The Kier molecular flexibility index (Phi) is 8.72. The Balaban J connectivity index is 1.17. The molecule has 2 aromatic carbocycles. The standard InChI is InChI=1S/C34H43N5O5/c1-33(2,3)43-31(41)38-19-17-25(21-38)30(40)36-26-15-13-23(14-16-26)22-9-11-24(12-10-22)27-20-35-29(37-27)28-8-7-18-39(28)32(42)44-34(4,5)6/h9-16,20,25,28H,7-8,17-19,21H2,1-6H3,(H,35,37)(H,36,40)/t25?,28-/m0/s1. The molecule has 3 heterocycles. The zero-order valence-electron chi connectivity index (χ0n) is 26.5. The van der Waals surface area contributed by atoms with Crippen LogP contribution in [-0.4, -0.2) is 68.7 Å². The summed E-state index contributed by atoms with van der Waals surface area (Å²) >= 11 is 0. The molecule has 2 atom stereocenters. The minimum atomic E-state index is -0.565. The summed E-state index contributed by atoms with van der Waals surface area (Å²) in [5.74, 6) is 0.394. The maximum absolute atomic E-state index is 12.9. The normalized spacial score (nSPS) is 18.8. The Morgan fingerprint density at radius 3 is 2.05 bits per heavy atom. The molecule has 0 spiro atoms. The van der Waals surface area contributed by atoms with E-state index in [0.717, 1.165) is 41.1 Å². The molecule has 44 heavy (non-hydrogen) atoms. The molecule has 0 radical (unpaired) electrons. The highest BCUT2D eigenvalue weighted by Crippen LogP contribution is 2.33. The number of nitrogens with one attached hydrogen (secondary N) is 2. The summed E-state index contributed by atoms with van der Waals surface area (Å²) in [5.41, 5.74) is 3.55. The van der Waals surface area contributed by atoms with Crippen molar-refractivity contribution in [3.8, 4) is 22.4 Å². The van der Waals surface area contributed by atoms with E-state index >= 15 is 0 Å². The van der Waals surface area contributed by atoms with Crippen molar-refractivity contribution < 1.29 is 23.9 Å². The third kappa shape index (κ3) is 7.59. The number of carbonyl (C=O) groups is 3. The first-order valence-corrected chi connectivity index (χ1v) is 15.3. The van der Waals surface area contributed by atoms with Gasteiger partial charge in [0.05, 0.1) is 23.9 Å². The van der Waals surface area contributed by atoms with E-state index in [0.29, 0.717) is 31.7 Å². The van der Waals surface area contributed by atoms with E-state index < -0.39 is 11.2 Å². The molecule has 2 fully saturated rings. The van der Waals surface area contributed by atoms with Crippen molar-refractivity contribution in [3.05, 3.63) is 60.6 Å². The largest absolute Gasteiger partial charge is 0.444 e. The van der Waals surface area contributed by atoms with Gasteiger partial charge in [-0.05, 0) is 89.6 Å². The molecule has 0 saturated carbocycles. The van der Waals surface area contributed by atoms with E-state index in [-0.39, 0.29) is 30.1 Å². The molecule has 5 rings (SSSR count). The average molecular weight is 602 g/mol. The van der Waals surface area contributed by atoms with Crippen LogP contribution in [0.15, 0.2) is 54.7 Å². The number of nitrogens with zero attached hydrogens (tertiary/aromatic N) is 3. The zero-order valence-corrected chi connectivity index (χ0v) is 26.5. The molecular formula is C34H43N5O5. The fraction of sp³-hybridized carbons (Fsp3) is 0.471. The molecule has 10 heteroatoms. The minimum absolute atomic E-state index is 0.0982. The van der Waals surface area contributed by atoms with Crippen molar-refractivity contribution in [2.75, 3.05) is 25.0 Å². The average Bonchev–Trinajstić information content (AvgIpc) is 3.72. The van der Waals surface area contributed by atoms with Crippen LogP contribution in [0.1, 0.15) is 72.7 Å². The summed E-state index contributed by atoms with van der Waals surface area (Å²) in [7, 11) is 0. The van der Waals surface area contributed by atoms with Gasteiger partial charge in [-0.2, -0.15) is 0 Å². The SMILES string of the molecule is CC(C)(C)OC(=O)N1CCC(C(=O)Nc2ccc(-c3ccc(-c4cnc([C@@H]5CCCN5C(=O)OC(C)(C)C)[nH]4)cc3)cc2)C1. The highest BCUT2D eigenvalue weighted by Gasteiger charge is 2.35. The van der Waals surface area contributed by atoms with Crippen molar-refractivity contribution in [2.45, 2.75) is 78.0 Å². The maximum atomic E-state index is 12.9. The third-order valence-electron chi connectivity index (χ3n) is 7.68. The van der Waals surface area contributed by atoms with Gasteiger partial charge in [-0.15, -0.1) is 0 Å². The number of amides is 3. The first-order valence-electron chi connectivity index (χ1n) is 15.3. The van der Waals surface area contributed by atoms with E-state index in [1.165, 1.54) is 0 Å². The molecule has 3 amide bonds. The van der Waals surface area contributed by atoms with Gasteiger partial charge in [-0.3, -0.25) is 9.69 Å². The number of aromatic amines is 1. The van der Waals surface area contributed by atoms with E-state index in [9.17, 15) is 14.4 Å². The lowest BCUT2D eigenvalue weighted by Gasteiger charge is -2.27. The number of anilines is 1. The lowest BCUT2D eigenvalue weighted by Crippen LogP contribution is -2.36. The Morgan fingerprint density at radius 1 is 0.818 bits per heavy atom. The van der Waals surface area contributed by atoms with Crippen molar-refractivity contribution >= 4 is 23.8 Å². The lowest BCUT2D eigenvalue weighted by atomic mass is 10.0. The first kappa shape index (κ1) is 31.1. The van der Waals surface area contributed by atoms with E-state index in [1.807, 2.05) is 84.1 Å². The van der Waals surface area contributed by atoms with Gasteiger partial charge in [0.15, 0.2) is 0 Å². The number of H-pyrrole nitrogens is 1. The summed E-state index contributed by atoms with van der Waals surface area (Å²) in [5, 5.41) is 2.99. The molecule has 1 unspecified atom stereocenters. The second kappa shape index (κ2) is 12.3. The van der Waals surface area contributed by atoms with Crippen LogP contribution in [0.25, 0.3) is 22.4 Å². The van der Waals surface area contributed by atoms with Crippen LogP contribution in [0.5, 0.6) is 0 Å². The van der Waals surface area contributed by atoms with Crippen molar-refractivity contribution in [2.24, 2.45) is 5.92 Å². The number of ether oxygens (including phenoxy) is 2. The summed E-state index contributed by atoms with van der Waals surface area (Å²) in [6.07, 6.45) is 3.48. The summed E-state index contributed by atoms with van der Waals surface area (Å²) in [6.45, 7) is 12.6. The van der Waals surface area contributed by atoms with Gasteiger partial charge < -0.3 is 24.7 Å². The monoisotopic (exact) mass is 601 g/mol. The lowest BCUT2D eigenvalue weighted by molar-refractivity contribution is -0.119. The van der Waals surface area contributed by atoms with Gasteiger partial charge in [0.25, 0.3) is 0 Å². The van der Waals surface area contributed by atoms with Crippen molar-refractivity contribution in [1.29, 1.82) is 0 Å². The maximum Gasteiger partial charge on any atom is 0.410 e. The van der Waals surface area contributed by atoms with Crippen molar-refractivity contribution in [3.63, 3.8) is 0 Å². The summed E-state index contributed by atoms with van der Waals surface area (Å²) in [4.78, 5) is 49.3. The number of hydrogen-bond donors (Lipinski definition) is 2. The van der Waals surface area contributed by atoms with Crippen molar-refractivity contribution in [1.82, 2.24) is 19.8 Å². The molecular weight excluding hydrogens is 558 g/mol. The fourth-order valence-electron chi connectivity index (χ4n) is 5.54. The fourth-order valence-corrected chi connectivity index (χ4v) is 5.54. The molecule has 1 aromatic heterocycles. The molecule has 0 bridgehead atoms. The summed E-state index contributed by atoms with van der Waals surface area (Å²) < 4.78 is 11.0. The van der Waals surface area contributed by atoms with Gasteiger partial charge in [-0.1, -0.05) is 36.4 Å². The molecule has 2 N–H and O–H groups in total. The van der Waals surface area contributed by atoms with Crippen LogP contribution in [0.2, 0.25) is 0 Å². The molecule has 234 valence electrons. The van der Waals surface area contributed by atoms with Crippen LogP contribution in [-0.2, 0) is 14.3 Å². The minimum Gasteiger partial charge on any atom is -0.444 e. The van der Waals surface area contributed by atoms with E-state index in [4.69, 9.17) is 9.47 Å². The molecule has 3 aromatic rings. The molecule has 2 aliphatic heterocycles. The Hall–Kier alpha value is -4.34. The Morgan fingerprint density at radius 2 is 1.41 bits per heavy atom. The number of likely N-dealkylation sites (tertiary alicyclic amines) is 2. The van der Waals surface area contributed by atoms with Gasteiger partial charge in [0.2, 0.25) is 5.91 Å². The molecule has 2 aliphatic rings. The molecule has 2 saturated heterocycles. The predicted octanol–water partition coefficient (Wildman–Crippen LogP) is 7.01. The smallest absolute Gasteiger partial charge is 0.410 e. The third-order valence-corrected chi connectivity index (χ3v) is 7.68. The number of rotatable bonds is 5. The zero-order chi connectivity index (χ0) is 31.6. The Bertz CT molecular complexity index is 1480. The Labute approximate surface area is 259 Å². The van der Waals surface area contributed by atoms with E-state index in [1.54, 1.807) is 9.80 Å². The first-order chi connectivity index (χ1) is 20.8. The number of aromatic nitrogens is 2. The molecule has 10 nitrogen and oxygen atoms in total. The number of imidazole rings is 1. The van der Waals surface area contributed by atoms with Gasteiger partial charge in [0, 0.05) is 25.3 Å². The second-order valence-corrected chi connectivity index (χ2v) is 13.6. The number of carbonyl (C=O) groups excluding carboxylic acids is 3. The quantitative estimate of drug-likeness (QED) is 0.325. The number of benzene rings is 2. The van der Waals surface area contributed by atoms with E-state index in [2.05, 4.69) is 27.4 Å². The highest BCUT2D eigenvalue weighted by atomic mass is 16.6. The van der Waals surface area contributed by atoms with Gasteiger partial charge >= 0.3 is 12.2 Å². The van der Waals surface area contributed by atoms with Crippen LogP contribution >= 0.6 is 0 Å². The van der Waals surface area contributed by atoms with Gasteiger partial charge in [0.1, 0.15) is 17.0 Å². The summed E-state index contributed by atoms with van der Waals surface area (Å²) in [6, 6.07) is 15.8. The number of hydrogen-bond acceptors (Lipinski definition) is 6. The predicted molar refractivity (Wildman–Crippen MR) is 169 cm³/mol. The van der Waals surface area contributed by atoms with Gasteiger partial charge in [-0.25, -0.2) is 14.6 Å². The highest BCUT2D eigenvalue weighted by molar-refractivity contribution is 5.93. The van der Waals surface area contributed by atoms with Crippen LogP contribution < -0.4 is 5.32 Å². The van der Waals surface area contributed by atoms with Crippen LogP contribution in [0.4, 0.5) is 15.3 Å². The van der Waals surface area contributed by atoms with Crippen LogP contribution in [0, 0.1) is 5.92 Å². The van der Waals surface area contributed by atoms with Crippen LogP contribution in [0.3, 0.4) is 0 Å². The topological polar surface area (TPSA) is 117 Å². The molecule has 0 aliphatic carbocycles. The second-order valence-electron chi connectivity index (χ2n) is 13.6.